The van der Waals surface area contributed by atoms with Crippen LogP contribution in [0.3, 0.4) is 0 Å². The van der Waals surface area contributed by atoms with Gasteiger partial charge in [-0.25, -0.2) is 0 Å². The molecule has 0 amide bonds. The first-order valence-corrected chi connectivity index (χ1v) is 8.42. The summed E-state index contributed by atoms with van der Waals surface area (Å²) < 4.78 is 5.84. The molecule has 15 heavy (non-hydrogen) atoms. The fourth-order valence-electron chi connectivity index (χ4n) is 0.695. The Morgan fingerprint density at radius 2 is 1.87 bits per heavy atom. The summed E-state index contributed by atoms with van der Waals surface area (Å²) in [6.45, 7) is 13.4. The van der Waals surface area contributed by atoms with E-state index in [1.54, 1.807) is 0 Å². The monoisotopic (exact) mass is 228 g/mol. The maximum atomic E-state index is 9.23. The highest BCUT2D eigenvalue weighted by Gasteiger charge is 2.36. The van der Waals surface area contributed by atoms with Gasteiger partial charge in [-0.2, -0.15) is 0 Å². The van der Waals surface area contributed by atoms with Crippen LogP contribution in [-0.4, -0.2) is 26.1 Å². The molecular formula is C12H24O2Si. The highest BCUT2D eigenvalue weighted by molar-refractivity contribution is 6.74. The van der Waals surface area contributed by atoms with E-state index in [2.05, 4.69) is 45.7 Å². The van der Waals surface area contributed by atoms with E-state index in [0.717, 1.165) is 0 Å². The second-order valence-corrected chi connectivity index (χ2v) is 10.1. The molecule has 1 atom stereocenters. The molecular weight excluding hydrogens is 204 g/mol. The summed E-state index contributed by atoms with van der Waals surface area (Å²) in [6, 6.07) is 0. The zero-order valence-corrected chi connectivity index (χ0v) is 11.8. The van der Waals surface area contributed by atoms with Crippen molar-refractivity contribution >= 4 is 8.32 Å². The summed E-state index contributed by atoms with van der Waals surface area (Å²) in [7, 11) is -1.67. The van der Waals surface area contributed by atoms with Crippen LogP contribution in [0.4, 0.5) is 0 Å². The topological polar surface area (TPSA) is 29.5 Å². The standard InChI is InChI=1S/C12H24O2Si/c1-7-11(13)9-8-10-14-15(5,6)12(2,3)4/h11,13H,7,10H2,1-6H3. The van der Waals surface area contributed by atoms with Gasteiger partial charge in [-0.3, -0.25) is 0 Å². The SMILES string of the molecule is CCC(O)C#CCO[Si](C)(C)C(C)(C)C. The van der Waals surface area contributed by atoms with Crippen LogP contribution >= 0.6 is 0 Å². The third-order valence-electron chi connectivity index (χ3n) is 2.97. The Morgan fingerprint density at radius 1 is 1.33 bits per heavy atom. The van der Waals surface area contributed by atoms with Gasteiger partial charge in [0.1, 0.15) is 6.10 Å². The van der Waals surface area contributed by atoms with E-state index in [9.17, 15) is 5.11 Å². The largest absolute Gasteiger partial charge is 0.406 e. The van der Waals surface area contributed by atoms with E-state index in [1.807, 2.05) is 6.92 Å². The number of aliphatic hydroxyl groups excluding tert-OH is 1. The molecule has 0 rings (SSSR count). The lowest BCUT2D eigenvalue weighted by molar-refractivity contribution is 0.228. The highest BCUT2D eigenvalue weighted by Crippen LogP contribution is 2.36. The molecule has 88 valence electrons. The summed E-state index contributed by atoms with van der Waals surface area (Å²) in [5.41, 5.74) is 0. The fourth-order valence-corrected chi connectivity index (χ4v) is 1.56. The molecule has 0 aromatic rings. The number of aliphatic hydroxyl groups is 1. The first-order valence-electron chi connectivity index (χ1n) is 5.51. The molecule has 0 spiro atoms. The Kier molecular flexibility index (Phi) is 5.58. The molecule has 2 nitrogen and oxygen atoms in total. The molecule has 0 bridgehead atoms. The lowest BCUT2D eigenvalue weighted by Crippen LogP contribution is -2.40. The lowest BCUT2D eigenvalue weighted by Gasteiger charge is -2.35. The predicted octanol–water partition coefficient (Wildman–Crippen LogP) is 2.78. The third kappa shape index (κ3) is 5.36. The van der Waals surface area contributed by atoms with Gasteiger partial charge in [-0.05, 0) is 24.6 Å². The maximum Gasteiger partial charge on any atom is 0.193 e. The Morgan fingerprint density at radius 3 is 2.27 bits per heavy atom. The van der Waals surface area contributed by atoms with E-state index in [1.165, 1.54) is 0 Å². The summed E-state index contributed by atoms with van der Waals surface area (Å²) in [6.07, 6.45) is 0.167. The molecule has 0 aliphatic heterocycles. The lowest BCUT2D eigenvalue weighted by atomic mass is 10.2. The van der Waals surface area contributed by atoms with Crippen LogP contribution in [-0.2, 0) is 4.43 Å². The van der Waals surface area contributed by atoms with E-state index in [-0.39, 0.29) is 5.04 Å². The van der Waals surface area contributed by atoms with Crippen molar-refractivity contribution in [3.8, 4) is 11.8 Å². The van der Waals surface area contributed by atoms with Crippen molar-refractivity contribution < 1.29 is 9.53 Å². The number of hydrogen-bond acceptors (Lipinski definition) is 2. The van der Waals surface area contributed by atoms with Crippen molar-refractivity contribution in [1.29, 1.82) is 0 Å². The van der Waals surface area contributed by atoms with Crippen molar-refractivity contribution in [2.75, 3.05) is 6.61 Å². The minimum absolute atomic E-state index is 0.220. The minimum atomic E-state index is -1.67. The van der Waals surface area contributed by atoms with Crippen LogP contribution in [0, 0.1) is 11.8 Å². The van der Waals surface area contributed by atoms with Crippen molar-refractivity contribution in [1.82, 2.24) is 0 Å². The van der Waals surface area contributed by atoms with Crippen LogP contribution < -0.4 is 0 Å². The number of hydrogen-bond donors (Lipinski definition) is 1. The van der Waals surface area contributed by atoms with Crippen LogP contribution in [0.5, 0.6) is 0 Å². The van der Waals surface area contributed by atoms with Gasteiger partial charge < -0.3 is 9.53 Å². The van der Waals surface area contributed by atoms with E-state index in [4.69, 9.17) is 4.43 Å². The van der Waals surface area contributed by atoms with Crippen LogP contribution in [0.2, 0.25) is 18.1 Å². The van der Waals surface area contributed by atoms with Gasteiger partial charge in [0.2, 0.25) is 0 Å². The molecule has 0 aromatic heterocycles. The molecule has 0 aliphatic rings. The Hall–Kier alpha value is -0.303. The van der Waals surface area contributed by atoms with Gasteiger partial charge in [0.05, 0.1) is 6.61 Å². The van der Waals surface area contributed by atoms with Crippen molar-refractivity contribution in [2.24, 2.45) is 0 Å². The quantitative estimate of drug-likeness (QED) is 0.594. The summed E-state index contributed by atoms with van der Waals surface area (Å²) in [4.78, 5) is 0. The van der Waals surface area contributed by atoms with E-state index >= 15 is 0 Å². The molecule has 0 fully saturated rings. The molecule has 1 N–H and O–H groups in total. The maximum absolute atomic E-state index is 9.23. The minimum Gasteiger partial charge on any atom is -0.406 e. The average Bonchev–Trinajstić information content (AvgIpc) is 2.10. The molecule has 0 aromatic carbocycles. The molecule has 0 saturated carbocycles. The van der Waals surface area contributed by atoms with Gasteiger partial charge in [-0.1, -0.05) is 39.5 Å². The molecule has 0 aliphatic carbocycles. The molecule has 1 unspecified atom stereocenters. The predicted molar refractivity (Wildman–Crippen MR) is 67.2 cm³/mol. The van der Waals surface area contributed by atoms with Gasteiger partial charge in [0.15, 0.2) is 8.32 Å². The van der Waals surface area contributed by atoms with Crippen LogP contribution in [0.15, 0.2) is 0 Å². The molecule has 3 heteroatoms. The van der Waals surface area contributed by atoms with E-state index in [0.29, 0.717) is 13.0 Å². The smallest absolute Gasteiger partial charge is 0.193 e. The Bertz CT molecular complexity index is 243. The Labute approximate surface area is 95.2 Å². The van der Waals surface area contributed by atoms with Crippen LogP contribution in [0.1, 0.15) is 34.1 Å². The second-order valence-electron chi connectivity index (χ2n) is 5.29. The molecule has 0 saturated heterocycles. The summed E-state index contributed by atoms with van der Waals surface area (Å²) in [5.74, 6) is 5.64. The normalized spacial score (nSPS) is 14.3. The number of rotatable bonds is 3. The zero-order chi connectivity index (χ0) is 12.1. The highest BCUT2D eigenvalue weighted by atomic mass is 28.4. The summed E-state index contributed by atoms with van der Waals surface area (Å²) >= 11 is 0. The summed E-state index contributed by atoms with van der Waals surface area (Å²) in [5, 5.41) is 9.45. The van der Waals surface area contributed by atoms with Gasteiger partial charge in [-0.15, -0.1) is 0 Å². The molecule has 0 radical (unpaired) electrons. The molecule has 0 heterocycles. The van der Waals surface area contributed by atoms with E-state index < -0.39 is 14.4 Å². The average molecular weight is 228 g/mol. The van der Waals surface area contributed by atoms with Crippen molar-refractivity contribution in [3.05, 3.63) is 0 Å². The second kappa shape index (κ2) is 5.69. The van der Waals surface area contributed by atoms with Crippen molar-refractivity contribution in [3.63, 3.8) is 0 Å². The van der Waals surface area contributed by atoms with Gasteiger partial charge in [0.25, 0.3) is 0 Å². The fraction of sp³-hybridized carbons (Fsp3) is 0.833. The first-order chi connectivity index (χ1) is 6.70. The van der Waals surface area contributed by atoms with Gasteiger partial charge in [0, 0.05) is 0 Å². The third-order valence-corrected chi connectivity index (χ3v) is 7.45. The first kappa shape index (κ1) is 14.7. The zero-order valence-electron chi connectivity index (χ0n) is 10.8. The van der Waals surface area contributed by atoms with Gasteiger partial charge >= 0.3 is 0 Å². The van der Waals surface area contributed by atoms with Crippen molar-refractivity contribution in [2.45, 2.75) is 58.4 Å². The Balaban J connectivity index is 4.10. The van der Waals surface area contributed by atoms with Crippen LogP contribution in [0.25, 0.3) is 0 Å².